The molecule has 0 spiro atoms. The van der Waals surface area contributed by atoms with Crippen LogP contribution in [0, 0.1) is 114 Å². The van der Waals surface area contributed by atoms with Crippen LogP contribution in [0.1, 0.15) is 173 Å². The molecule has 4 aromatic heterocycles. The van der Waals surface area contributed by atoms with Gasteiger partial charge < -0.3 is 34.6 Å². The zero-order chi connectivity index (χ0) is 81.8. The van der Waals surface area contributed by atoms with Gasteiger partial charge in [-0.1, -0.05) is 77.3 Å². The number of nitriles is 4. The summed E-state index contributed by atoms with van der Waals surface area (Å²) in [7, 11) is 0. The van der Waals surface area contributed by atoms with Crippen molar-refractivity contribution in [3.8, 4) is 47.1 Å². The van der Waals surface area contributed by atoms with Crippen molar-refractivity contribution in [1.29, 1.82) is 21.0 Å². The van der Waals surface area contributed by atoms with Gasteiger partial charge >= 0.3 is 18.2 Å². The lowest BCUT2D eigenvalue weighted by Crippen LogP contribution is -2.45. The number of benzene rings is 4. The van der Waals surface area contributed by atoms with E-state index in [9.17, 15) is 70.1 Å². The first-order valence-corrected chi connectivity index (χ1v) is 36.9. The van der Waals surface area contributed by atoms with Crippen molar-refractivity contribution >= 4 is 52.4 Å². The summed E-state index contributed by atoms with van der Waals surface area (Å²) in [4.78, 5) is 76.9. The lowest BCUT2D eigenvalue weighted by Gasteiger charge is -2.37. The number of rotatable bonds is 11. The fraction of sp³-hybridized carbons (Fsp3) is 0.425. The predicted molar refractivity (Wildman–Crippen MR) is 442 cm³/mol. The highest BCUT2D eigenvalue weighted by Gasteiger charge is 2.40. The number of likely N-dealkylation sites (tertiary alicyclic amines) is 3. The summed E-state index contributed by atoms with van der Waals surface area (Å²) >= 11 is 3.13. The van der Waals surface area contributed by atoms with Crippen LogP contribution in [0.25, 0.3) is 22.8 Å². The number of hydrogen-bond donors (Lipinski definition) is 2. The average molecular weight is 1730 g/mol. The van der Waals surface area contributed by atoms with Crippen LogP contribution in [0.5, 0.6) is 0 Å². The molecule has 21 nitrogen and oxygen atoms in total. The number of carboxylic acids is 1. The van der Waals surface area contributed by atoms with E-state index in [-0.39, 0.29) is 79.1 Å². The Balaban J connectivity index is 0.000000725. The monoisotopic (exact) mass is 1720 g/mol. The number of amides is 3. The topological polar surface area (TPSA) is 301 Å². The number of alkyl halides is 1. The van der Waals surface area contributed by atoms with Crippen LogP contribution in [-0.4, -0.2) is 137 Å². The summed E-state index contributed by atoms with van der Waals surface area (Å²) in [5.41, 5.74) is 2.19. The van der Waals surface area contributed by atoms with Crippen LogP contribution in [0.15, 0.2) is 147 Å². The van der Waals surface area contributed by atoms with Gasteiger partial charge in [0.1, 0.15) is 35.2 Å². The number of hydrogen-bond acceptors (Lipinski definition) is 17. The molecule has 2 N–H and O–H groups in total. The van der Waals surface area contributed by atoms with Gasteiger partial charge in [0.15, 0.2) is 46.5 Å². The van der Waals surface area contributed by atoms with Crippen molar-refractivity contribution in [1.82, 2.24) is 49.9 Å². The lowest BCUT2D eigenvalue weighted by atomic mass is 9.75. The number of halogens is 10. The second kappa shape index (κ2) is 49.2. The Bertz CT molecular complexity index is 4690. The van der Waals surface area contributed by atoms with Gasteiger partial charge in [0.25, 0.3) is 5.91 Å². The molecule has 4 aromatic carbocycles. The Morgan fingerprint density at radius 3 is 1.14 bits per heavy atom. The molecule has 0 radical (unpaired) electrons. The summed E-state index contributed by atoms with van der Waals surface area (Å²) in [6.07, 6.45) is 14.4. The first kappa shape index (κ1) is 105. The number of carboxylic acid groups (broad SMARTS) is 1. The van der Waals surface area contributed by atoms with E-state index in [4.69, 9.17) is 19.8 Å². The largest absolute Gasteiger partial charge is 0.478 e. The Labute approximate surface area is 702 Å². The lowest BCUT2D eigenvalue weighted by molar-refractivity contribution is 0.0146. The highest BCUT2D eigenvalue weighted by atomic mass is 79.9. The number of nitrogens with one attached hydrogen (secondary N) is 1. The van der Waals surface area contributed by atoms with Gasteiger partial charge in [-0.25, -0.2) is 69.4 Å². The molecule has 0 aliphatic carbocycles. The van der Waals surface area contributed by atoms with Crippen LogP contribution >= 0.6 is 28.3 Å². The van der Waals surface area contributed by atoms with Crippen LogP contribution < -0.4 is 5.32 Å². The maximum atomic E-state index is 13.6. The predicted octanol–water partition coefficient (Wildman–Crippen LogP) is 20.1. The fourth-order valence-corrected chi connectivity index (χ4v) is 12.7. The molecule has 636 valence electrons. The molecular formula is C87H106BrClF8N14O7. The molecule has 12 rings (SSSR count). The maximum Gasteiger partial charge on any atom is 0.410 e. The van der Waals surface area contributed by atoms with E-state index in [1.54, 1.807) is 90.5 Å². The number of ether oxygens (including phenoxy) is 2. The van der Waals surface area contributed by atoms with Gasteiger partial charge in [0.05, 0.1) is 63.0 Å². The Hall–Kier alpha value is -11.1. The van der Waals surface area contributed by atoms with Crippen LogP contribution in [0.4, 0.5) is 44.7 Å². The third kappa shape index (κ3) is 31.8. The van der Waals surface area contributed by atoms with E-state index in [1.807, 2.05) is 20.8 Å². The Morgan fingerprint density at radius 1 is 0.475 bits per heavy atom. The highest BCUT2D eigenvalue weighted by molar-refractivity contribution is 9.08. The second-order valence-electron chi connectivity index (χ2n) is 29.0. The first-order valence-electron chi connectivity index (χ1n) is 35.8. The molecule has 0 unspecified atom stereocenters. The number of carbonyl (C=O) groups is 4. The van der Waals surface area contributed by atoms with Crippen molar-refractivity contribution in [2.45, 2.75) is 166 Å². The number of piperidine rings is 4. The number of aromatic carboxylic acids is 1. The van der Waals surface area contributed by atoms with E-state index in [0.717, 1.165) is 80.7 Å². The van der Waals surface area contributed by atoms with Gasteiger partial charge in [-0.15, -0.1) is 12.4 Å². The summed E-state index contributed by atoms with van der Waals surface area (Å²) in [6, 6.07) is 34.1. The van der Waals surface area contributed by atoms with Gasteiger partial charge in [-0.05, 0) is 232 Å². The summed E-state index contributed by atoms with van der Waals surface area (Å²) < 4.78 is 114. The molecule has 4 aliphatic rings. The number of nitrogens with zero attached hydrogens (tertiary/aromatic N) is 13. The minimum atomic E-state index is -1.02. The molecule has 8 heterocycles. The molecule has 0 atom stereocenters. The van der Waals surface area contributed by atoms with Crippen molar-refractivity contribution in [3.63, 3.8) is 0 Å². The molecule has 4 aliphatic heterocycles. The molecule has 4 fully saturated rings. The van der Waals surface area contributed by atoms with Crippen molar-refractivity contribution in [3.05, 3.63) is 227 Å². The number of carbonyl (C=O) groups excluding carboxylic acids is 3. The van der Waals surface area contributed by atoms with Crippen molar-refractivity contribution in [2.24, 2.45) is 22.2 Å². The Kier molecular flexibility index (Phi) is 43.8. The maximum absolute atomic E-state index is 13.6. The SMILES string of the molecule is C.C.C.C.C.CC(C)(C)OC(=O)N1CCC(C#N)(Cc2ccc(F)c(F)c2)CC1.CC(C)(C)OC(=O)N1CCC(C#N)CC1.Cl.Fc1ccc(CBr)cc1F.N#CC1(Cc2ccc(F)c(F)c2)CCN(C(=O)c2cccnc2-c2ccncn2)CC1.N#CC1(Cc2ccc(F)c(F)c2)CCNCC1.O=C(O)c1cccnc1-c1ccncn1. The van der Waals surface area contributed by atoms with Gasteiger partial charge in [0.2, 0.25) is 0 Å². The molecule has 118 heavy (non-hydrogen) atoms. The quantitative estimate of drug-likeness (QED) is 0.0898. The number of pyridine rings is 2. The first-order chi connectivity index (χ1) is 53.2. The van der Waals surface area contributed by atoms with Gasteiger partial charge in [0, 0.05) is 75.3 Å². The average Bonchev–Trinajstić information content (AvgIpc) is 0.796. The van der Waals surface area contributed by atoms with Crippen LogP contribution in [0.2, 0.25) is 0 Å². The molecule has 0 bridgehead atoms. The highest BCUT2D eigenvalue weighted by Crippen LogP contribution is 2.38. The number of aromatic nitrogens is 6. The fourth-order valence-electron chi connectivity index (χ4n) is 12.3. The van der Waals surface area contributed by atoms with E-state index >= 15 is 0 Å². The molecule has 0 saturated carbocycles. The summed E-state index contributed by atoms with van der Waals surface area (Å²) in [5, 5.41) is 50.1. The normalized spacial score (nSPS) is 14.7. The molecule has 31 heteroatoms. The second-order valence-corrected chi connectivity index (χ2v) is 29.6. The van der Waals surface area contributed by atoms with E-state index in [1.165, 1.54) is 55.2 Å². The van der Waals surface area contributed by atoms with Crippen LogP contribution in [0.3, 0.4) is 0 Å². The smallest absolute Gasteiger partial charge is 0.410 e. The summed E-state index contributed by atoms with van der Waals surface area (Å²) in [6.45, 7) is 15.4. The Morgan fingerprint density at radius 2 is 0.814 bits per heavy atom. The van der Waals surface area contributed by atoms with Crippen molar-refractivity contribution < 1.29 is 68.9 Å². The summed E-state index contributed by atoms with van der Waals surface area (Å²) in [5.74, 6) is -8.02. The minimum Gasteiger partial charge on any atom is -0.478 e. The van der Waals surface area contributed by atoms with Crippen LogP contribution in [-0.2, 0) is 34.1 Å². The molecular weight excluding hydrogens is 1620 g/mol. The zero-order valence-corrected chi connectivity index (χ0v) is 65.5. The standard InChI is InChI=1S/C23H19F2N5O.C18H22F2N2O2.C13H14F2N2.C11H18N2O2.C10H7N3O2.C7H5BrF2.5CH4.ClH/c24-18-4-3-16(12-19(18)25)13-23(14-26)6-10-30(11-7-23)22(31)17-2-1-8-28-21(17)20-5-9-27-15-29-20;1-17(2,3)24-16(23)22-8-6-18(12-21,7-9-22)11-13-4-5-14(19)15(20)10-13;14-11-2-1-10(7-12(11)15)8-13(9-16)3-5-17-6-4-13;1-11(2,3)15-10(14)13-6-4-9(8-12)5-7-13;14-10(15)7-2-1-4-12-9(7)8-3-5-11-6-13-8;8-4-5-1-2-6(9)7(10)3-5;;;;;;/h1-5,8-9,12,15H,6-7,10-11,13H2;4-5,10H,6-9,11H2,1-3H3;1-2,7,17H,3-6,8H2;9H,4-7H2,1-3H3;1-6H,(H,14,15);1-3H,4H2;5*1H4;1H. The van der Waals surface area contributed by atoms with E-state index in [0.29, 0.717) is 135 Å². The third-order valence-corrected chi connectivity index (χ3v) is 19.1. The third-order valence-electron chi connectivity index (χ3n) is 18.4. The van der Waals surface area contributed by atoms with Gasteiger partial charge in [-0.2, -0.15) is 21.0 Å². The zero-order valence-electron chi connectivity index (χ0n) is 63.1. The molecule has 8 aromatic rings. The van der Waals surface area contributed by atoms with Gasteiger partial charge in [-0.3, -0.25) is 14.8 Å². The van der Waals surface area contributed by atoms with E-state index < -0.39 is 80.0 Å². The minimum absolute atomic E-state index is 0. The molecule has 3 amide bonds. The van der Waals surface area contributed by atoms with E-state index in [2.05, 4.69) is 75.4 Å². The van der Waals surface area contributed by atoms with Crippen molar-refractivity contribution in [2.75, 3.05) is 52.4 Å². The molecule has 4 saturated heterocycles.